The van der Waals surface area contributed by atoms with Crippen molar-refractivity contribution in [2.45, 2.75) is 56.7 Å². The Kier molecular flexibility index (Phi) is 15.7. The van der Waals surface area contributed by atoms with Gasteiger partial charge in [-0.25, -0.2) is 0 Å². The number of nitrogens with zero attached hydrogens (tertiary/aromatic N) is 4. The van der Waals surface area contributed by atoms with Crippen LogP contribution in [0.4, 0.5) is 5.69 Å². The van der Waals surface area contributed by atoms with E-state index in [1.54, 1.807) is 23.9 Å². The smallest absolute Gasteiger partial charge is 0.266 e. The van der Waals surface area contributed by atoms with Crippen molar-refractivity contribution in [1.82, 2.24) is 20.4 Å². The first-order valence-electron chi connectivity index (χ1n) is 20.9. The highest BCUT2D eigenvalue weighted by Gasteiger charge is 2.46. The Labute approximate surface area is 353 Å². The molecule has 2 saturated heterocycles. The number of thioether (sulfide) groups is 1. The van der Waals surface area contributed by atoms with Gasteiger partial charge in [0.1, 0.15) is 30.8 Å². The van der Waals surface area contributed by atoms with Gasteiger partial charge < -0.3 is 43.5 Å². The molecule has 0 radical (unpaired) electrons. The third-order valence-electron chi connectivity index (χ3n) is 11.0. The first-order valence-corrected chi connectivity index (χ1v) is 21.9. The standard InChI is InChI=1S/C42H54N6O11S/c49-36-13-12-34(39(51)45-36)48-40(52)31-4-3-7-35(38(31)41(48)53)59-27-25-57-23-21-55-19-18-54-20-22-56-24-26-58-30-10-8-29(9-11-30)46-14-16-47(17-15-46)37(50)28-60-42-43-32-5-1-2-6-33(32)44-42/h3-4,7-11,32-34H,1-2,5-6,12-28H2,(H,43,44)(H,45,49,51)/t32-,33-,34?/m1/s1. The van der Waals surface area contributed by atoms with E-state index in [2.05, 4.69) is 27.7 Å². The average Bonchev–Trinajstić information content (AvgIpc) is 3.80. The van der Waals surface area contributed by atoms with Crippen LogP contribution < -0.4 is 25.0 Å². The van der Waals surface area contributed by atoms with Gasteiger partial charge in [0, 0.05) is 38.3 Å². The van der Waals surface area contributed by atoms with Gasteiger partial charge in [0.25, 0.3) is 11.8 Å². The third kappa shape index (κ3) is 11.3. The Morgan fingerprint density at radius 3 is 2.05 bits per heavy atom. The van der Waals surface area contributed by atoms with E-state index >= 15 is 0 Å². The number of imide groups is 2. The zero-order valence-electron chi connectivity index (χ0n) is 33.8. The summed E-state index contributed by atoms with van der Waals surface area (Å²) in [5, 5.41) is 6.64. The molecule has 0 spiro atoms. The monoisotopic (exact) mass is 850 g/mol. The zero-order chi connectivity index (χ0) is 41.7. The fourth-order valence-corrected chi connectivity index (χ4v) is 8.73. The van der Waals surface area contributed by atoms with E-state index in [-0.39, 0.29) is 48.8 Å². The summed E-state index contributed by atoms with van der Waals surface area (Å²) in [5.41, 5.74) is 1.37. The topological polar surface area (TPSA) is 187 Å². The zero-order valence-corrected chi connectivity index (χ0v) is 34.6. The number of carbonyl (C=O) groups is 5. The van der Waals surface area contributed by atoms with Crippen LogP contribution in [0.15, 0.2) is 47.5 Å². The van der Waals surface area contributed by atoms with Crippen molar-refractivity contribution >= 4 is 52.2 Å². The molecule has 5 amide bonds. The van der Waals surface area contributed by atoms with Gasteiger partial charge in [0.2, 0.25) is 17.7 Å². The number of benzene rings is 2. The number of hydrogen-bond donors (Lipinski definition) is 2. The molecule has 1 unspecified atom stereocenters. The van der Waals surface area contributed by atoms with Crippen LogP contribution in [0, 0.1) is 0 Å². The third-order valence-corrected chi connectivity index (χ3v) is 11.9. The van der Waals surface area contributed by atoms with Crippen molar-refractivity contribution in [3.05, 3.63) is 53.6 Å². The number of fused-ring (bicyclic) bond motifs is 2. The Hall–Kier alpha value is -4.75. The molecule has 17 nitrogen and oxygen atoms in total. The molecule has 18 heteroatoms. The maximum absolute atomic E-state index is 13.2. The van der Waals surface area contributed by atoms with Crippen LogP contribution in [0.5, 0.6) is 11.5 Å². The minimum atomic E-state index is -1.04. The number of piperazine rings is 1. The summed E-state index contributed by atoms with van der Waals surface area (Å²) >= 11 is 1.55. The van der Waals surface area contributed by atoms with Gasteiger partial charge in [-0.3, -0.25) is 39.2 Å². The van der Waals surface area contributed by atoms with Gasteiger partial charge in [0.05, 0.1) is 81.8 Å². The first kappa shape index (κ1) is 43.3. The van der Waals surface area contributed by atoms with E-state index < -0.39 is 29.7 Å². The molecule has 60 heavy (non-hydrogen) atoms. The molecule has 3 atom stereocenters. The summed E-state index contributed by atoms with van der Waals surface area (Å²) in [6.07, 6.45) is 4.96. The number of anilines is 1. The van der Waals surface area contributed by atoms with Crippen LogP contribution >= 0.6 is 11.8 Å². The molecule has 2 N–H and O–H groups in total. The molecule has 4 aliphatic heterocycles. The SMILES string of the molecule is O=C1CCC(N2C(=O)c3cccc(OCCOCCOCCOCCOCCOc4ccc(N5CCN(C(=O)CSC6=N[C@@H]7CCCC[C@H]7N6)CC5)cc4)c3C2=O)C(=O)N1. The lowest BCUT2D eigenvalue weighted by atomic mass is 9.92. The number of hydrogen-bond acceptors (Lipinski definition) is 15. The van der Waals surface area contributed by atoms with Crippen molar-refractivity contribution in [3.8, 4) is 11.5 Å². The van der Waals surface area contributed by atoms with Crippen LogP contribution in [-0.4, -0.2) is 161 Å². The van der Waals surface area contributed by atoms with Crippen molar-refractivity contribution in [2.24, 2.45) is 4.99 Å². The molecular formula is C42H54N6O11S. The molecule has 7 rings (SSSR count). The van der Waals surface area contributed by atoms with E-state index in [0.29, 0.717) is 83.8 Å². The van der Waals surface area contributed by atoms with E-state index in [0.717, 1.165) is 41.0 Å². The lowest BCUT2D eigenvalue weighted by Gasteiger charge is -2.36. The van der Waals surface area contributed by atoms with E-state index in [9.17, 15) is 24.0 Å². The number of amidine groups is 1. The van der Waals surface area contributed by atoms with Gasteiger partial charge in [-0.05, 0) is 55.7 Å². The summed E-state index contributed by atoms with van der Waals surface area (Å²) in [4.78, 5) is 72.8. The van der Waals surface area contributed by atoms with Crippen molar-refractivity contribution in [1.29, 1.82) is 0 Å². The van der Waals surface area contributed by atoms with E-state index in [1.165, 1.54) is 25.3 Å². The largest absolute Gasteiger partial charge is 0.491 e. The lowest BCUT2D eigenvalue weighted by molar-refractivity contribution is -0.136. The average molecular weight is 851 g/mol. The second kappa shape index (κ2) is 21.7. The molecule has 4 heterocycles. The highest BCUT2D eigenvalue weighted by Crippen LogP contribution is 2.34. The van der Waals surface area contributed by atoms with Crippen LogP contribution in [0.3, 0.4) is 0 Å². The number of rotatable bonds is 21. The van der Waals surface area contributed by atoms with Crippen LogP contribution in [0.25, 0.3) is 0 Å². The van der Waals surface area contributed by atoms with Crippen molar-refractivity contribution in [2.75, 3.05) is 103 Å². The summed E-state index contributed by atoms with van der Waals surface area (Å²) in [6, 6.07) is 12.5. The van der Waals surface area contributed by atoms with Gasteiger partial charge in [-0.2, -0.15) is 0 Å². The molecule has 2 aromatic rings. The minimum absolute atomic E-state index is 0.0498. The normalized spacial score (nSPS) is 21.4. The van der Waals surface area contributed by atoms with E-state index in [1.807, 2.05) is 17.0 Å². The van der Waals surface area contributed by atoms with Crippen LogP contribution in [0.1, 0.15) is 59.2 Å². The summed E-state index contributed by atoms with van der Waals surface area (Å²) in [7, 11) is 0. The first-order chi connectivity index (χ1) is 29.4. The molecule has 5 aliphatic rings. The highest BCUT2D eigenvalue weighted by molar-refractivity contribution is 8.14. The maximum Gasteiger partial charge on any atom is 0.266 e. The number of nitrogens with one attached hydrogen (secondary N) is 2. The Morgan fingerprint density at radius 1 is 0.733 bits per heavy atom. The number of amides is 5. The van der Waals surface area contributed by atoms with Gasteiger partial charge in [-0.1, -0.05) is 30.7 Å². The molecule has 0 aromatic heterocycles. The number of carbonyl (C=O) groups excluding carboxylic acids is 5. The second-order valence-electron chi connectivity index (χ2n) is 15.0. The fraction of sp³-hybridized carbons (Fsp3) is 0.571. The van der Waals surface area contributed by atoms with Crippen molar-refractivity contribution in [3.63, 3.8) is 0 Å². The Morgan fingerprint density at radius 2 is 1.38 bits per heavy atom. The maximum atomic E-state index is 13.2. The molecule has 0 bridgehead atoms. The summed E-state index contributed by atoms with van der Waals surface area (Å²) in [5.74, 6) is -0.696. The number of aliphatic imine (C=N–C) groups is 1. The predicted molar refractivity (Wildman–Crippen MR) is 222 cm³/mol. The molecule has 2 aromatic carbocycles. The minimum Gasteiger partial charge on any atom is -0.491 e. The predicted octanol–water partition coefficient (Wildman–Crippen LogP) is 2.26. The number of piperidine rings is 1. The van der Waals surface area contributed by atoms with Crippen LogP contribution in [-0.2, 0) is 33.3 Å². The molecule has 3 fully saturated rings. The van der Waals surface area contributed by atoms with Gasteiger partial charge in [0.15, 0.2) is 5.17 Å². The van der Waals surface area contributed by atoms with Crippen LogP contribution in [0.2, 0.25) is 0 Å². The van der Waals surface area contributed by atoms with E-state index in [4.69, 9.17) is 33.4 Å². The van der Waals surface area contributed by atoms with Gasteiger partial charge in [-0.15, -0.1) is 0 Å². The number of ether oxygens (including phenoxy) is 6. The second-order valence-corrected chi connectivity index (χ2v) is 15.9. The summed E-state index contributed by atoms with van der Waals surface area (Å²) in [6.45, 7) is 6.58. The highest BCUT2D eigenvalue weighted by atomic mass is 32.2. The quantitative estimate of drug-likeness (QED) is 0.138. The molecular weight excluding hydrogens is 797 g/mol. The lowest BCUT2D eigenvalue weighted by Crippen LogP contribution is -2.54. The molecule has 1 aliphatic carbocycles. The Bertz CT molecular complexity index is 1860. The van der Waals surface area contributed by atoms with Gasteiger partial charge >= 0.3 is 0 Å². The molecule has 324 valence electrons. The summed E-state index contributed by atoms with van der Waals surface area (Å²) < 4.78 is 33.9. The fourth-order valence-electron chi connectivity index (χ4n) is 7.84. The Balaban J connectivity index is 0.659. The molecule has 1 saturated carbocycles. The van der Waals surface area contributed by atoms with Crippen molar-refractivity contribution < 1.29 is 52.4 Å².